The molecule has 1 unspecified atom stereocenters. The van der Waals surface area contributed by atoms with Crippen LogP contribution in [0.3, 0.4) is 0 Å². The SMILES string of the molecule is CCc1ccccc1CNC(C)c1cc(F)c(Cl)cc1Cl. The summed E-state index contributed by atoms with van der Waals surface area (Å²) in [5, 5.41) is 3.91. The summed E-state index contributed by atoms with van der Waals surface area (Å²) in [5.41, 5.74) is 3.27. The van der Waals surface area contributed by atoms with Crippen molar-refractivity contribution in [2.24, 2.45) is 0 Å². The summed E-state index contributed by atoms with van der Waals surface area (Å²) < 4.78 is 13.6. The van der Waals surface area contributed by atoms with Crippen molar-refractivity contribution in [2.75, 3.05) is 0 Å². The first-order valence-corrected chi connectivity index (χ1v) is 7.73. The number of rotatable bonds is 5. The molecule has 0 amide bonds. The molecule has 4 heteroatoms. The van der Waals surface area contributed by atoms with Crippen molar-refractivity contribution < 1.29 is 4.39 Å². The van der Waals surface area contributed by atoms with E-state index in [4.69, 9.17) is 23.2 Å². The Kier molecular flexibility index (Phi) is 5.63. The highest BCUT2D eigenvalue weighted by Gasteiger charge is 2.13. The number of benzene rings is 2. The van der Waals surface area contributed by atoms with Gasteiger partial charge in [-0.1, -0.05) is 54.4 Å². The van der Waals surface area contributed by atoms with Crippen molar-refractivity contribution in [1.29, 1.82) is 0 Å². The lowest BCUT2D eigenvalue weighted by Gasteiger charge is -2.17. The van der Waals surface area contributed by atoms with E-state index >= 15 is 0 Å². The van der Waals surface area contributed by atoms with Crippen molar-refractivity contribution in [2.45, 2.75) is 32.9 Å². The molecule has 21 heavy (non-hydrogen) atoms. The molecule has 1 atom stereocenters. The standard InChI is InChI=1S/C17H18Cl2FN/c1-3-12-6-4-5-7-13(12)10-21-11(2)14-8-17(20)16(19)9-15(14)18/h4-9,11,21H,3,10H2,1-2H3. The van der Waals surface area contributed by atoms with Crippen molar-refractivity contribution >= 4 is 23.2 Å². The first-order valence-electron chi connectivity index (χ1n) is 6.97. The van der Waals surface area contributed by atoms with E-state index in [1.54, 1.807) is 0 Å². The van der Waals surface area contributed by atoms with Crippen molar-refractivity contribution in [3.05, 3.63) is 69.0 Å². The van der Waals surface area contributed by atoms with Gasteiger partial charge in [0.25, 0.3) is 0 Å². The predicted molar refractivity (Wildman–Crippen MR) is 87.5 cm³/mol. The molecule has 0 aliphatic rings. The van der Waals surface area contributed by atoms with Crippen LogP contribution >= 0.6 is 23.2 Å². The van der Waals surface area contributed by atoms with Crippen LogP contribution in [0.5, 0.6) is 0 Å². The number of halogens is 3. The van der Waals surface area contributed by atoms with Crippen LogP contribution in [-0.4, -0.2) is 0 Å². The zero-order chi connectivity index (χ0) is 15.4. The minimum Gasteiger partial charge on any atom is -0.306 e. The van der Waals surface area contributed by atoms with Gasteiger partial charge in [-0.3, -0.25) is 0 Å². The summed E-state index contributed by atoms with van der Waals surface area (Å²) in [4.78, 5) is 0. The Labute approximate surface area is 135 Å². The second-order valence-electron chi connectivity index (χ2n) is 5.01. The minimum atomic E-state index is -0.446. The molecule has 0 fully saturated rings. The quantitative estimate of drug-likeness (QED) is 0.711. The largest absolute Gasteiger partial charge is 0.306 e. The average Bonchev–Trinajstić information content (AvgIpc) is 2.48. The van der Waals surface area contributed by atoms with E-state index in [0.29, 0.717) is 17.1 Å². The second kappa shape index (κ2) is 7.26. The molecule has 1 nitrogen and oxygen atoms in total. The van der Waals surface area contributed by atoms with Gasteiger partial charge < -0.3 is 5.32 Å². The van der Waals surface area contributed by atoms with Crippen LogP contribution in [0.25, 0.3) is 0 Å². The molecular weight excluding hydrogens is 308 g/mol. The molecular formula is C17H18Cl2FN. The van der Waals surface area contributed by atoms with E-state index < -0.39 is 5.82 Å². The fourth-order valence-electron chi connectivity index (χ4n) is 2.32. The van der Waals surface area contributed by atoms with Crippen LogP contribution in [0.15, 0.2) is 36.4 Å². The van der Waals surface area contributed by atoms with E-state index in [-0.39, 0.29) is 11.1 Å². The van der Waals surface area contributed by atoms with Crippen LogP contribution < -0.4 is 5.32 Å². The van der Waals surface area contributed by atoms with E-state index in [0.717, 1.165) is 6.42 Å². The summed E-state index contributed by atoms with van der Waals surface area (Å²) in [6.07, 6.45) is 0.989. The summed E-state index contributed by atoms with van der Waals surface area (Å²) in [6.45, 7) is 4.81. The maximum atomic E-state index is 13.6. The molecule has 0 aromatic heterocycles. The molecule has 2 aromatic carbocycles. The second-order valence-corrected chi connectivity index (χ2v) is 5.83. The van der Waals surface area contributed by atoms with Gasteiger partial charge in [-0.25, -0.2) is 4.39 Å². The van der Waals surface area contributed by atoms with Gasteiger partial charge in [-0.05, 0) is 42.2 Å². The Hall–Kier alpha value is -1.09. The van der Waals surface area contributed by atoms with Gasteiger partial charge in [-0.15, -0.1) is 0 Å². The van der Waals surface area contributed by atoms with Crippen molar-refractivity contribution in [3.63, 3.8) is 0 Å². The number of nitrogens with one attached hydrogen (secondary N) is 1. The number of aryl methyl sites for hydroxylation is 1. The van der Waals surface area contributed by atoms with Gasteiger partial charge in [-0.2, -0.15) is 0 Å². The summed E-state index contributed by atoms with van der Waals surface area (Å²) >= 11 is 11.9. The molecule has 2 aromatic rings. The highest BCUT2D eigenvalue weighted by molar-refractivity contribution is 6.35. The van der Waals surface area contributed by atoms with Gasteiger partial charge in [0, 0.05) is 17.6 Å². The zero-order valence-corrected chi connectivity index (χ0v) is 13.6. The zero-order valence-electron chi connectivity index (χ0n) is 12.1. The Balaban J connectivity index is 2.12. The molecule has 2 rings (SSSR count). The lowest BCUT2D eigenvalue weighted by atomic mass is 10.0. The first-order chi connectivity index (χ1) is 10.0. The molecule has 0 aliphatic heterocycles. The third kappa shape index (κ3) is 3.97. The first kappa shape index (κ1) is 16.3. The topological polar surface area (TPSA) is 12.0 Å². The van der Waals surface area contributed by atoms with Crippen LogP contribution in [0, 0.1) is 5.82 Å². The minimum absolute atomic E-state index is 0.0484. The molecule has 0 bridgehead atoms. The lowest BCUT2D eigenvalue weighted by Crippen LogP contribution is -2.19. The molecule has 1 N–H and O–H groups in total. The van der Waals surface area contributed by atoms with Gasteiger partial charge in [0.05, 0.1) is 5.02 Å². The third-order valence-electron chi connectivity index (χ3n) is 3.60. The molecule has 0 aliphatic carbocycles. The van der Waals surface area contributed by atoms with Crippen LogP contribution in [0.4, 0.5) is 4.39 Å². The van der Waals surface area contributed by atoms with E-state index in [1.165, 1.54) is 23.3 Å². The van der Waals surface area contributed by atoms with E-state index in [9.17, 15) is 4.39 Å². The lowest BCUT2D eigenvalue weighted by molar-refractivity contribution is 0.563. The Morgan fingerprint density at radius 1 is 1.10 bits per heavy atom. The Bertz CT molecular complexity index is 628. The maximum absolute atomic E-state index is 13.6. The third-order valence-corrected chi connectivity index (χ3v) is 4.22. The van der Waals surface area contributed by atoms with Crippen molar-refractivity contribution in [1.82, 2.24) is 5.32 Å². The Morgan fingerprint density at radius 3 is 2.43 bits per heavy atom. The smallest absolute Gasteiger partial charge is 0.142 e. The summed E-state index contributed by atoms with van der Waals surface area (Å²) in [6, 6.07) is 11.1. The predicted octanol–water partition coefficient (Wildman–Crippen LogP) is 5.55. The fourth-order valence-corrected chi connectivity index (χ4v) is 2.86. The van der Waals surface area contributed by atoms with Gasteiger partial charge in [0.15, 0.2) is 0 Å². The van der Waals surface area contributed by atoms with Crippen LogP contribution in [0.2, 0.25) is 10.0 Å². The van der Waals surface area contributed by atoms with Crippen LogP contribution in [0.1, 0.15) is 36.6 Å². The van der Waals surface area contributed by atoms with Gasteiger partial charge in [0.2, 0.25) is 0 Å². The Morgan fingerprint density at radius 2 is 1.76 bits per heavy atom. The summed E-state index contributed by atoms with van der Waals surface area (Å²) in [7, 11) is 0. The highest BCUT2D eigenvalue weighted by atomic mass is 35.5. The van der Waals surface area contributed by atoms with E-state index in [2.05, 4.69) is 24.4 Å². The molecule has 112 valence electrons. The number of hydrogen-bond acceptors (Lipinski definition) is 1. The maximum Gasteiger partial charge on any atom is 0.142 e. The summed E-state index contributed by atoms with van der Waals surface area (Å²) in [5.74, 6) is -0.446. The molecule has 0 spiro atoms. The highest BCUT2D eigenvalue weighted by Crippen LogP contribution is 2.28. The van der Waals surface area contributed by atoms with Crippen molar-refractivity contribution in [3.8, 4) is 0 Å². The normalized spacial score (nSPS) is 12.4. The molecule has 0 saturated heterocycles. The molecule has 0 heterocycles. The molecule has 0 saturated carbocycles. The fraction of sp³-hybridized carbons (Fsp3) is 0.294. The van der Waals surface area contributed by atoms with Gasteiger partial charge >= 0.3 is 0 Å². The molecule has 0 radical (unpaired) electrons. The van der Waals surface area contributed by atoms with Crippen LogP contribution in [-0.2, 0) is 13.0 Å². The van der Waals surface area contributed by atoms with Gasteiger partial charge in [0.1, 0.15) is 5.82 Å². The number of hydrogen-bond donors (Lipinski definition) is 1. The van der Waals surface area contributed by atoms with E-state index in [1.807, 2.05) is 19.1 Å². The monoisotopic (exact) mass is 325 g/mol. The average molecular weight is 326 g/mol.